The monoisotopic (exact) mass is 387 g/mol. The second kappa shape index (κ2) is 5.88. The molecule has 1 fully saturated rings. The topological polar surface area (TPSA) is 65.8 Å². The van der Waals surface area contributed by atoms with Gasteiger partial charge in [-0.15, -0.1) is 0 Å². The average Bonchev–Trinajstić information content (AvgIpc) is 3.30. The molecular formula is C20H19F2N3O3. The third kappa shape index (κ3) is 2.47. The molecule has 2 aliphatic heterocycles. The maximum atomic E-state index is 15.6. The number of carboxylic acid groups (broad SMARTS) is 1. The van der Waals surface area contributed by atoms with Gasteiger partial charge in [-0.2, -0.15) is 0 Å². The summed E-state index contributed by atoms with van der Waals surface area (Å²) in [5.74, 6) is -3.01. The molecule has 1 aromatic heterocycles. The molecule has 1 aromatic carbocycles. The van der Waals surface area contributed by atoms with E-state index in [1.807, 2.05) is 7.05 Å². The Morgan fingerprint density at radius 2 is 1.79 bits per heavy atom. The smallest absolute Gasteiger partial charge is 0.341 e. The van der Waals surface area contributed by atoms with Gasteiger partial charge in [0.2, 0.25) is 5.43 Å². The number of aromatic nitrogens is 1. The number of anilines is 1. The summed E-state index contributed by atoms with van der Waals surface area (Å²) in [6.45, 7) is 2.49. The van der Waals surface area contributed by atoms with Gasteiger partial charge in [0.1, 0.15) is 17.1 Å². The van der Waals surface area contributed by atoms with Crippen molar-refractivity contribution in [3.8, 4) is 0 Å². The van der Waals surface area contributed by atoms with Crippen molar-refractivity contribution >= 4 is 22.6 Å². The Kier molecular flexibility index (Phi) is 3.64. The van der Waals surface area contributed by atoms with Crippen molar-refractivity contribution in [3.05, 3.63) is 50.8 Å². The molecule has 3 heterocycles. The molecule has 1 N–H and O–H groups in total. The molecule has 0 saturated heterocycles. The van der Waals surface area contributed by atoms with Gasteiger partial charge in [-0.05, 0) is 37.1 Å². The summed E-state index contributed by atoms with van der Waals surface area (Å²) in [5, 5.41) is 9.09. The lowest BCUT2D eigenvalue weighted by atomic mass is 10.1. The second-order valence-corrected chi connectivity index (χ2v) is 7.97. The number of pyridine rings is 1. The van der Waals surface area contributed by atoms with Crippen molar-refractivity contribution in [1.82, 2.24) is 9.47 Å². The lowest BCUT2D eigenvalue weighted by molar-refractivity contribution is 0.0695. The summed E-state index contributed by atoms with van der Waals surface area (Å²) in [7, 11) is 2.01. The number of likely N-dealkylation sites (N-methyl/N-ethyl adjacent to an activating group) is 1. The fourth-order valence-electron chi connectivity index (χ4n) is 4.44. The van der Waals surface area contributed by atoms with Crippen molar-refractivity contribution in [2.45, 2.75) is 18.9 Å². The van der Waals surface area contributed by atoms with Crippen LogP contribution in [0.4, 0.5) is 14.5 Å². The molecule has 0 unspecified atom stereocenters. The van der Waals surface area contributed by atoms with Crippen LogP contribution in [0.25, 0.3) is 10.9 Å². The minimum atomic E-state index is -1.39. The largest absolute Gasteiger partial charge is 0.477 e. The van der Waals surface area contributed by atoms with Crippen LogP contribution < -0.4 is 10.3 Å². The van der Waals surface area contributed by atoms with Gasteiger partial charge in [-0.25, -0.2) is 13.6 Å². The molecule has 2 aromatic rings. The van der Waals surface area contributed by atoms with Crippen LogP contribution in [0.5, 0.6) is 0 Å². The molecule has 1 saturated carbocycles. The molecule has 1 aliphatic carbocycles. The van der Waals surface area contributed by atoms with Gasteiger partial charge < -0.3 is 14.6 Å². The number of carbonyl (C=O) groups is 1. The summed E-state index contributed by atoms with van der Waals surface area (Å²) in [5.41, 5.74) is 0.909. The van der Waals surface area contributed by atoms with E-state index in [9.17, 15) is 19.1 Å². The molecule has 5 rings (SSSR count). The quantitative estimate of drug-likeness (QED) is 0.820. The molecule has 6 nitrogen and oxygen atoms in total. The zero-order valence-electron chi connectivity index (χ0n) is 15.3. The zero-order valence-corrected chi connectivity index (χ0v) is 15.3. The number of benzene rings is 1. The summed E-state index contributed by atoms with van der Waals surface area (Å²) in [6.07, 6.45) is 2.75. The van der Waals surface area contributed by atoms with Crippen molar-refractivity contribution in [1.29, 1.82) is 0 Å². The third-order valence-corrected chi connectivity index (χ3v) is 5.86. The number of carboxylic acids is 1. The molecule has 3 aliphatic rings. The fraction of sp³-hybridized carbons (Fsp3) is 0.400. The highest BCUT2D eigenvalue weighted by molar-refractivity contribution is 5.94. The Bertz CT molecular complexity index is 1120. The van der Waals surface area contributed by atoms with Crippen LogP contribution in [0.3, 0.4) is 0 Å². The van der Waals surface area contributed by atoms with E-state index in [2.05, 4.69) is 4.90 Å². The maximum Gasteiger partial charge on any atom is 0.341 e. The van der Waals surface area contributed by atoms with E-state index in [0.29, 0.717) is 13.1 Å². The summed E-state index contributed by atoms with van der Waals surface area (Å²) in [6, 6.07) is 0.932. The van der Waals surface area contributed by atoms with Crippen LogP contribution in [-0.2, 0) is 0 Å². The van der Waals surface area contributed by atoms with Crippen molar-refractivity contribution in [3.63, 3.8) is 0 Å². The lowest BCUT2D eigenvalue weighted by Crippen LogP contribution is -2.29. The first-order valence-corrected chi connectivity index (χ1v) is 9.28. The van der Waals surface area contributed by atoms with E-state index >= 15 is 4.39 Å². The lowest BCUT2D eigenvalue weighted by Gasteiger charge is -2.24. The van der Waals surface area contributed by atoms with Crippen molar-refractivity contribution < 1.29 is 18.7 Å². The van der Waals surface area contributed by atoms with Crippen molar-refractivity contribution in [2.75, 3.05) is 38.1 Å². The molecule has 0 spiro atoms. The van der Waals surface area contributed by atoms with Gasteiger partial charge in [-0.3, -0.25) is 9.69 Å². The summed E-state index contributed by atoms with van der Waals surface area (Å²) < 4.78 is 32.0. The number of hydrogen-bond acceptors (Lipinski definition) is 4. The van der Waals surface area contributed by atoms with Crippen LogP contribution in [0.15, 0.2) is 28.2 Å². The number of fused-ring (bicyclic) bond motifs is 1. The predicted molar refractivity (Wildman–Crippen MR) is 100 cm³/mol. The number of nitrogens with zero attached hydrogens (tertiary/aromatic N) is 3. The Labute approximate surface area is 159 Å². The summed E-state index contributed by atoms with van der Waals surface area (Å²) >= 11 is 0. The van der Waals surface area contributed by atoms with Gasteiger partial charge in [0.15, 0.2) is 5.82 Å². The Morgan fingerprint density at radius 3 is 2.36 bits per heavy atom. The highest BCUT2D eigenvalue weighted by Crippen LogP contribution is 2.40. The molecular weight excluding hydrogens is 368 g/mol. The van der Waals surface area contributed by atoms with Crippen LogP contribution in [0.2, 0.25) is 0 Å². The molecule has 0 amide bonds. The molecule has 0 radical (unpaired) electrons. The number of hydrogen-bond donors (Lipinski definition) is 1. The fourth-order valence-corrected chi connectivity index (χ4v) is 4.44. The molecule has 28 heavy (non-hydrogen) atoms. The van der Waals surface area contributed by atoms with Crippen LogP contribution >= 0.6 is 0 Å². The van der Waals surface area contributed by atoms with E-state index in [1.54, 1.807) is 4.90 Å². The van der Waals surface area contributed by atoms with Crippen LogP contribution in [-0.4, -0.2) is 53.8 Å². The minimum Gasteiger partial charge on any atom is -0.477 e. The Balaban J connectivity index is 1.69. The number of rotatable bonds is 3. The van der Waals surface area contributed by atoms with Gasteiger partial charge >= 0.3 is 5.97 Å². The van der Waals surface area contributed by atoms with E-state index in [-0.39, 0.29) is 22.6 Å². The maximum absolute atomic E-state index is 15.6. The first kappa shape index (κ1) is 17.4. The van der Waals surface area contributed by atoms with Gasteiger partial charge in [0.05, 0.1) is 10.9 Å². The third-order valence-electron chi connectivity index (χ3n) is 5.86. The van der Waals surface area contributed by atoms with E-state index in [1.165, 1.54) is 21.9 Å². The molecule has 146 valence electrons. The van der Waals surface area contributed by atoms with E-state index in [4.69, 9.17) is 0 Å². The Hall–Kier alpha value is -2.74. The standard InChI is InChI=1S/C20H19F2N3O3/c1-23-5-10-7-24(8-11(10)6-23)18-15(21)4-13-17(16(18)22)25(12-2-3-12)9-14(19(13)26)20(27)28/h4,9,12H,2-3,5-8H2,1H3,(H,27,28). The van der Waals surface area contributed by atoms with Gasteiger partial charge in [-0.1, -0.05) is 0 Å². The molecule has 0 atom stereocenters. The second-order valence-electron chi connectivity index (χ2n) is 7.97. The molecule has 0 bridgehead atoms. The van der Waals surface area contributed by atoms with Crippen LogP contribution in [0.1, 0.15) is 29.2 Å². The first-order valence-electron chi connectivity index (χ1n) is 9.28. The van der Waals surface area contributed by atoms with E-state index in [0.717, 1.165) is 32.0 Å². The Morgan fingerprint density at radius 1 is 1.14 bits per heavy atom. The highest BCUT2D eigenvalue weighted by Gasteiger charge is 2.34. The van der Waals surface area contributed by atoms with Gasteiger partial charge in [0, 0.05) is 38.4 Å². The van der Waals surface area contributed by atoms with E-state index < -0.39 is 28.6 Å². The minimum absolute atomic E-state index is 0.00178. The number of aromatic carboxylic acids is 1. The SMILES string of the molecule is CN1CC2=C(C1)CN(c1c(F)cc3c(=O)c(C(=O)O)cn(C4CC4)c3c1F)C2. The van der Waals surface area contributed by atoms with Gasteiger partial charge in [0.25, 0.3) is 0 Å². The highest BCUT2D eigenvalue weighted by atomic mass is 19.1. The van der Waals surface area contributed by atoms with Crippen molar-refractivity contribution in [2.24, 2.45) is 0 Å². The predicted octanol–water partition coefficient (Wildman–Crippen LogP) is 2.37. The zero-order chi connectivity index (χ0) is 19.7. The average molecular weight is 387 g/mol. The molecule has 8 heteroatoms. The number of halogens is 2. The summed E-state index contributed by atoms with van der Waals surface area (Å²) in [4.78, 5) is 27.8. The van der Waals surface area contributed by atoms with Crippen LogP contribution in [0, 0.1) is 11.6 Å². The first-order chi connectivity index (χ1) is 13.3. The normalized spacial score (nSPS) is 19.8.